The average Bonchev–Trinajstić information content (AvgIpc) is 2.74. The first kappa shape index (κ1) is 22.2. The lowest BCUT2D eigenvalue weighted by atomic mass is 9.58. The molecule has 0 unspecified atom stereocenters. The van der Waals surface area contributed by atoms with Gasteiger partial charge in [0.2, 0.25) is 0 Å². The van der Waals surface area contributed by atoms with E-state index in [1.54, 1.807) is 0 Å². The third-order valence-corrected chi connectivity index (χ3v) is 5.84. The Morgan fingerprint density at radius 2 is 1.94 bits per heavy atom. The second kappa shape index (κ2) is 8.72. The number of hydrogen-bond donors (Lipinski definition) is 1. The molecule has 0 amide bonds. The van der Waals surface area contributed by atoms with Crippen molar-refractivity contribution in [3.63, 3.8) is 0 Å². The highest BCUT2D eigenvalue weighted by Gasteiger charge is 2.54. The smallest absolute Gasteiger partial charge is 0.191 e. The monoisotopic (exact) mass is 417 g/mol. The summed E-state index contributed by atoms with van der Waals surface area (Å²) in [5, 5.41) is 30.1. The van der Waals surface area contributed by atoms with E-state index in [1.807, 2.05) is 52.1 Å². The van der Waals surface area contributed by atoms with Crippen molar-refractivity contribution in [1.29, 1.82) is 15.8 Å². The van der Waals surface area contributed by atoms with Gasteiger partial charge in [-0.1, -0.05) is 12.1 Å². The lowest BCUT2D eigenvalue weighted by Gasteiger charge is -2.45. The first-order chi connectivity index (χ1) is 14.8. The van der Waals surface area contributed by atoms with Crippen LogP contribution in [0.25, 0.3) is 0 Å². The average molecular weight is 418 g/mol. The number of allylic oxidation sites excluding steroid dienone is 2. The van der Waals surface area contributed by atoms with E-state index in [4.69, 9.17) is 15.2 Å². The summed E-state index contributed by atoms with van der Waals surface area (Å²) in [6, 6.07) is 12.0. The predicted molar refractivity (Wildman–Crippen MR) is 116 cm³/mol. The van der Waals surface area contributed by atoms with Crippen molar-refractivity contribution < 1.29 is 9.47 Å². The SMILES string of the molecule is CCOc1cc([C@@H]2[C@@H]3CN(C)CC=C3C(C#N)=C(N)C2(C#N)C#N)ccc1OC(C)C. The number of likely N-dealkylation sites (N-methyl/N-ethyl adjacent to an activating group) is 1. The highest BCUT2D eigenvalue weighted by Crippen LogP contribution is 2.54. The van der Waals surface area contributed by atoms with Crippen molar-refractivity contribution in [2.45, 2.75) is 32.8 Å². The molecule has 31 heavy (non-hydrogen) atoms. The molecule has 0 saturated carbocycles. The zero-order valence-corrected chi connectivity index (χ0v) is 18.3. The summed E-state index contributed by atoms with van der Waals surface area (Å²) in [5.74, 6) is 0.378. The van der Waals surface area contributed by atoms with Crippen LogP contribution in [-0.2, 0) is 0 Å². The first-order valence-electron chi connectivity index (χ1n) is 10.4. The van der Waals surface area contributed by atoms with Crippen molar-refractivity contribution in [2.24, 2.45) is 17.1 Å². The van der Waals surface area contributed by atoms with Gasteiger partial charge in [-0.25, -0.2) is 0 Å². The minimum Gasteiger partial charge on any atom is -0.490 e. The standard InChI is InChI=1S/C24H27N5O2/c1-5-30-21-10-16(6-7-20(21)31-15(2)3)22-19-12-29(4)9-8-17(19)18(11-25)23(28)24(22,13-26)14-27/h6-8,10,15,19,22H,5,9,12,28H2,1-4H3/t19-,22-/m1/s1. The summed E-state index contributed by atoms with van der Waals surface area (Å²) >= 11 is 0. The van der Waals surface area contributed by atoms with Gasteiger partial charge >= 0.3 is 0 Å². The molecule has 1 aliphatic heterocycles. The van der Waals surface area contributed by atoms with E-state index >= 15 is 0 Å². The molecule has 0 radical (unpaired) electrons. The second-order valence-electron chi connectivity index (χ2n) is 8.20. The van der Waals surface area contributed by atoms with Crippen molar-refractivity contribution in [3.8, 4) is 29.7 Å². The Balaban J connectivity index is 2.26. The fourth-order valence-electron chi connectivity index (χ4n) is 4.54. The lowest BCUT2D eigenvalue weighted by molar-refractivity contribution is 0.221. The topological polar surface area (TPSA) is 119 Å². The van der Waals surface area contributed by atoms with Crippen LogP contribution in [0.4, 0.5) is 0 Å². The Hall–Kier alpha value is -3.47. The van der Waals surface area contributed by atoms with E-state index in [2.05, 4.69) is 23.1 Å². The number of rotatable bonds is 5. The van der Waals surface area contributed by atoms with E-state index in [0.717, 1.165) is 11.1 Å². The van der Waals surface area contributed by atoms with Crippen LogP contribution in [0.1, 0.15) is 32.3 Å². The number of ether oxygens (including phenoxy) is 2. The highest BCUT2D eigenvalue weighted by molar-refractivity contribution is 5.60. The van der Waals surface area contributed by atoms with Crippen LogP contribution in [0.3, 0.4) is 0 Å². The predicted octanol–water partition coefficient (Wildman–Crippen LogP) is 3.23. The van der Waals surface area contributed by atoms with Crippen LogP contribution < -0.4 is 15.2 Å². The largest absolute Gasteiger partial charge is 0.490 e. The van der Waals surface area contributed by atoms with Gasteiger partial charge in [0.15, 0.2) is 16.9 Å². The molecule has 0 bridgehead atoms. The summed E-state index contributed by atoms with van der Waals surface area (Å²) in [4.78, 5) is 2.11. The maximum atomic E-state index is 10.2. The van der Waals surface area contributed by atoms with Gasteiger partial charge < -0.3 is 20.1 Å². The number of benzene rings is 1. The summed E-state index contributed by atoms with van der Waals surface area (Å²) in [6.07, 6.45) is 1.95. The molecule has 0 saturated heterocycles. The first-order valence-corrected chi connectivity index (χ1v) is 10.4. The number of fused-ring (bicyclic) bond motifs is 1. The molecule has 3 rings (SSSR count). The van der Waals surface area contributed by atoms with Crippen molar-refractivity contribution in [3.05, 3.63) is 46.7 Å². The third-order valence-electron chi connectivity index (χ3n) is 5.84. The van der Waals surface area contributed by atoms with Crippen molar-refractivity contribution in [1.82, 2.24) is 4.90 Å². The molecule has 1 aromatic carbocycles. The second-order valence-corrected chi connectivity index (χ2v) is 8.20. The molecule has 7 heteroatoms. The van der Waals surface area contributed by atoms with Gasteiger partial charge in [0.1, 0.15) is 6.07 Å². The van der Waals surface area contributed by atoms with Gasteiger partial charge in [-0.2, -0.15) is 15.8 Å². The van der Waals surface area contributed by atoms with E-state index in [1.165, 1.54) is 0 Å². The van der Waals surface area contributed by atoms with E-state index in [9.17, 15) is 15.8 Å². The summed E-state index contributed by atoms with van der Waals surface area (Å²) in [5.41, 5.74) is 6.54. The van der Waals surface area contributed by atoms with Crippen molar-refractivity contribution in [2.75, 3.05) is 26.7 Å². The number of nitrogens with two attached hydrogens (primary N) is 1. The fraction of sp³-hybridized carbons (Fsp3) is 0.458. The molecule has 1 aromatic rings. The van der Waals surface area contributed by atoms with Crippen LogP contribution in [-0.4, -0.2) is 37.7 Å². The minimum atomic E-state index is -1.66. The summed E-state index contributed by atoms with van der Waals surface area (Å²) in [7, 11) is 1.98. The zero-order chi connectivity index (χ0) is 22.8. The minimum absolute atomic E-state index is 0.0255. The van der Waals surface area contributed by atoms with Crippen LogP contribution in [0, 0.1) is 45.3 Å². The molecular formula is C24H27N5O2. The molecule has 7 nitrogen and oxygen atoms in total. The summed E-state index contributed by atoms with van der Waals surface area (Å²) in [6.45, 7) is 7.49. The Morgan fingerprint density at radius 1 is 1.23 bits per heavy atom. The maximum Gasteiger partial charge on any atom is 0.191 e. The molecule has 0 fully saturated rings. The number of hydrogen-bond acceptors (Lipinski definition) is 7. The van der Waals surface area contributed by atoms with Gasteiger partial charge in [-0.15, -0.1) is 0 Å². The van der Waals surface area contributed by atoms with Gasteiger partial charge in [-0.3, -0.25) is 0 Å². The fourth-order valence-corrected chi connectivity index (χ4v) is 4.54. The molecular weight excluding hydrogens is 390 g/mol. The molecule has 2 aliphatic rings. The van der Waals surface area contributed by atoms with Crippen LogP contribution >= 0.6 is 0 Å². The number of nitriles is 3. The van der Waals surface area contributed by atoms with Gasteiger partial charge in [0.25, 0.3) is 0 Å². The molecule has 2 atom stereocenters. The highest BCUT2D eigenvalue weighted by atomic mass is 16.5. The van der Waals surface area contributed by atoms with E-state index in [-0.39, 0.29) is 23.3 Å². The molecule has 1 heterocycles. The summed E-state index contributed by atoms with van der Waals surface area (Å²) < 4.78 is 11.7. The van der Waals surface area contributed by atoms with Crippen molar-refractivity contribution >= 4 is 0 Å². The Labute approximate surface area is 183 Å². The zero-order valence-electron chi connectivity index (χ0n) is 18.3. The van der Waals surface area contributed by atoms with E-state index in [0.29, 0.717) is 31.2 Å². The molecule has 0 spiro atoms. The molecule has 2 N–H and O–H groups in total. The van der Waals surface area contributed by atoms with Gasteiger partial charge in [0.05, 0.1) is 36.1 Å². The molecule has 160 valence electrons. The maximum absolute atomic E-state index is 10.2. The Bertz CT molecular complexity index is 1040. The Kier molecular flexibility index (Phi) is 6.25. The van der Waals surface area contributed by atoms with Gasteiger partial charge in [-0.05, 0) is 51.1 Å². The normalized spacial score (nSPS) is 22.6. The number of nitrogens with zero attached hydrogens (tertiary/aromatic N) is 4. The molecule has 0 aromatic heterocycles. The van der Waals surface area contributed by atoms with Crippen LogP contribution in [0.5, 0.6) is 11.5 Å². The lowest BCUT2D eigenvalue weighted by Crippen LogP contribution is -2.47. The van der Waals surface area contributed by atoms with E-state index < -0.39 is 11.3 Å². The quantitative estimate of drug-likeness (QED) is 0.781. The van der Waals surface area contributed by atoms with Crippen LogP contribution in [0.15, 0.2) is 41.1 Å². The third kappa shape index (κ3) is 3.72. The van der Waals surface area contributed by atoms with Gasteiger partial charge in [0, 0.05) is 24.9 Å². The van der Waals surface area contributed by atoms with Crippen LogP contribution in [0.2, 0.25) is 0 Å². The Morgan fingerprint density at radius 3 is 2.52 bits per heavy atom. The molecule has 1 aliphatic carbocycles.